The van der Waals surface area contributed by atoms with Gasteiger partial charge in [0.05, 0.1) is 6.61 Å². The first-order valence-corrected chi connectivity index (χ1v) is 6.33. The fourth-order valence-corrected chi connectivity index (χ4v) is 1.97. The molecular weight excluding hydrogens is 240 g/mol. The third-order valence-electron chi connectivity index (χ3n) is 3.07. The summed E-state index contributed by atoms with van der Waals surface area (Å²) >= 11 is 0. The van der Waals surface area contributed by atoms with Crippen molar-refractivity contribution in [2.24, 2.45) is 5.92 Å². The van der Waals surface area contributed by atoms with Crippen molar-refractivity contribution in [3.8, 4) is 0 Å². The molecule has 2 aromatic rings. The molecule has 98 valence electrons. The van der Waals surface area contributed by atoms with Gasteiger partial charge in [-0.2, -0.15) is 0 Å². The van der Waals surface area contributed by atoms with E-state index in [4.69, 9.17) is 4.74 Å². The molecule has 2 rings (SSSR count). The molecule has 3 nitrogen and oxygen atoms in total. The summed E-state index contributed by atoms with van der Waals surface area (Å²) in [7, 11) is 0. The van der Waals surface area contributed by atoms with Gasteiger partial charge in [0, 0.05) is 5.56 Å². The Balaban J connectivity index is 2.28. The van der Waals surface area contributed by atoms with E-state index in [1.807, 2.05) is 36.4 Å². The van der Waals surface area contributed by atoms with Crippen LogP contribution < -0.4 is 0 Å². The molecule has 0 spiro atoms. The predicted molar refractivity (Wildman–Crippen MR) is 74.1 cm³/mol. The van der Waals surface area contributed by atoms with Crippen molar-refractivity contribution in [2.75, 3.05) is 6.61 Å². The summed E-state index contributed by atoms with van der Waals surface area (Å²) in [5.74, 6) is -1.44. The van der Waals surface area contributed by atoms with Gasteiger partial charge >= 0.3 is 5.97 Å². The Kier molecular flexibility index (Phi) is 3.95. The summed E-state index contributed by atoms with van der Waals surface area (Å²) in [6.07, 6.45) is 0. The van der Waals surface area contributed by atoms with E-state index < -0.39 is 11.9 Å². The van der Waals surface area contributed by atoms with Gasteiger partial charge < -0.3 is 4.74 Å². The standard InChI is InChI=1S/C16H16O3/c1-3-19-16(18)11(2)15(17)14-9-8-12-6-4-5-7-13(12)10-14/h4-11H,3H2,1-2H3/t11-/m0/s1. The molecule has 3 heteroatoms. The third kappa shape index (κ3) is 2.81. The maximum atomic E-state index is 12.2. The van der Waals surface area contributed by atoms with Gasteiger partial charge in [0.25, 0.3) is 0 Å². The number of benzene rings is 2. The van der Waals surface area contributed by atoms with Crippen LogP contribution in [0.5, 0.6) is 0 Å². The summed E-state index contributed by atoms with van der Waals surface area (Å²) in [5, 5.41) is 2.06. The van der Waals surface area contributed by atoms with Crippen LogP contribution in [0.1, 0.15) is 24.2 Å². The normalized spacial score (nSPS) is 12.1. The van der Waals surface area contributed by atoms with Crippen LogP contribution in [-0.2, 0) is 9.53 Å². The van der Waals surface area contributed by atoms with Crippen LogP contribution >= 0.6 is 0 Å². The Bertz CT molecular complexity index is 616. The molecule has 0 aromatic heterocycles. The minimum absolute atomic E-state index is 0.204. The number of Topliss-reactive ketones (excluding diaryl/α,β-unsaturated/α-hetero) is 1. The first-order valence-electron chi connectivity index (χ1n) is 6.33. The zero-order valence-electron chi connectivity index (χ0n) is 11.1. The number of carbonyl (C=O) groups excluding carboxylic acids is 2. The maximum Gasteiger partial charge on any atom is 0.316 e. The zero-order chi connectivity index (χ0) is 13.8. The van der Waals surface area contributed by atoms with E-state index >= 15 is 0 Å². The van der Waals surface area contributed by atoms with Crippen LogP contribution in [0.4, 0.5) is 0 Å². The molecule has 0 heterocycles. The van der Waals surface area contributed by atoms with Crippen LogP contribution in [0, 0.1) is 5.92 Å². The van der Waals surface area contributed by atoms with Crippen molar-refractivity contribution in [1.29, 1.82) is 0 Å². The lowest BCUT2D eigenvalue weighted by Gasteiger charge is -2.10. The Morgan fingerprint density at radius 1 is 1.11 bits per heavy atom. The number of hydrogen-bond donors (Lipinski definition) is 0. The molecule has 0 saturated carbocycles. The van der Waals surface area contributed by atoms with Crippen LogP contribution in [0.3, 0.4) is 0 Å². The Morgan fingerprint density at radius 3 is 2.47 bits per heavy atom. The van der Waals surface area contributed by atoms with Crippen molar-refractivity contribution in [1.82, 2.24) is 0 Å². The van der Waals surface area contributed by atoms with Gasteiger partial charge in [-0.15, -0.1) is 0 Å². The molecule has 2 aromatic carbocycles. The summed E-state index contributed by atoms with van der Waals surface area (Å²) in [6.45, 7) is 3.59. The second-order valence-electron chi connectivity index (χ2n) is 4.40. The highest BCUT2D eigenvalue weighted by Crippen LogP contribution is 2.18. The number of ketones is 1. The predicted octanol–water partition coefficient (Wildman–Crippen LogP) is 3.22. The Morgan fingerprint density at radius 2 is 1.79 bits per heavy atom. The second-order valence-corrected chi connectivity index (χ2v) is 4.40. The quantitative estimate of drug-likeness (QED) is 0.479. The third-order valence-corrected chi connectivity index (χ3v) is 3.07. The molecule has 0 amide bonds. The molecule has 0 aliphatic rings. The van der Waals surface area contributed by atoms with E-state index in [0.717, 1.165) is 10.8 Å². The average molecular weight is 256 g/mol. The van der Waals surface area contributed by atoms with E-state index in [1.54, 1.807) is 19.9 Å². The number of hydrogen-bond acceptors (Lipinski definition) is 3. The number of ether oxygens (including phenoxy) is 1. The molecule has 1 atom stereocenters. The van der Waals surface area contributed by atoms with Gasteiger partial charge in [0.2, 0.25) is 0 Å². The molecule has 0 aliphatic heterocycles. The molecule has 19 heavy (non-hydrogen) atoms. The fourth-order valence-electron chi connectivity index (χ4n) is 1.97. The monoisotopic (exact) mass is 256 g/mol. The molecule has 0 fully saturated rings. The van der Waals surface area contributed by atoms with Gasteiger partial charge in [0.15, 0.2) is 5.78 Å². The zero-order valence-corrected chi connectivity index (χ0v) is 11.1. The van der Waals surface area contributed by atoms with E-state index in [2.05, 4.69) is 0 Å². The van der Waals surface area contributed by atoms with Crippen LogP contribution in [-0.4, -0.2) is 18.4 Å². The van der Waals surface area contributed by atoms with Crippen molar-refractivity contribution in [2.45, 2.75) is 13.8 Å². The highest BCUT2D eigenvalue weighted by Gasteiger charge is 2.23. The van der Waals surface area contributed by atoms with Gasteiger partial charge in [-0.25, -0.2) is 0 Å². The lowest BCUT2D eigenvalue weighted by atomic mass is 9.97. The Hall–Kier alpha value is -2.16. The minimum atomic E-state index is -0.763. The van der Waals surface area contributed by atoms with E-state index in [9.17, 15) is 9.59 Å². The molecule has 0 bridgehead atoms. The first-order chi connectivity index (χ1) is 9.13. The van der Waals surface area contributed by atoms with Crippen LogP contribution in [0.15, 0.2) is 42.5 Å². The van der Waals surface area contributed by atoms with Crippen molar-refractivity contribution in [3.05, 3.63) is 48.0 Å². The lowest BCUT2D eigenvalue weighted by molar-refractivity contribution is -0.145. The van der Waals surface area contributed by atoms with Crippen LogP contribution in [0.25, 0.3) is 10.8 Å². The number of carbonyl (C=O) groups is 2. The van der Waals surface area contributed by atoms with Gasteiger partial charge in [-0.3, -0.25) is 9.59 Å². The van der Waals surface area contributed by atoms with Crippen molar-refractivity contribution in [3.63, 3.8) is 0 Å². The van der Waals surface area contributed by atoms with Crippen molar-refractivity contribution < 1.29 is 14.3 Å². The van der Waals surface area contributed by atoms with E-state index in [0.29, 0.717) is 5.56 Å². The van der Waals surface area contributed by atoms with Gasteiger partial charge in [0.1, 0.15) is 5.92 Å². The van der Waals surface area contributed by atoms with E-state index in [-0.39, 0.29) is 12.4 Å². The molecule has 0 saturated heterocycles. The Labute approximate surface area is 112 Å². The van der Waals surface area contributed by atoms with E-state index in [1.165, 1.54) is 0 Å². The topological polar surface area (TPSA) is 43.4 Å². The molecule has 0 unspecified atom stereocenters. The maximum absolute atomic E-state index is 12.2. The van der Waals surface area contributed by atoms with Crippen LogP contribution in [0.2, 0.25) is 0 Å². The van der Waals surface area contributed by atoms with Gasteiger partial charge in [-0.1, -0.05) is 36.4 Å². The number of fused-ring (bicyclic) bond motifs is 1. The highest BCUT2D eigenvalue weighted by molar-refractivity contribution is 6.09. The molecular formula is C16H16O3. The minimum Gasteiger partial charge on any atom is -0.465 e. The smallest absolute Gasteiger partial charge is 0.316 e. The summed E-state index contributed by atoms with van der Waals surface area (Å²) in [5.41, 5.74) is 0.541. The molecule has 0 radical (unpaired) electrons. The summed E-state index contributed by atoms with van der Waals surface area (Å²) in [6, 6.07) is 13.3. The summed E-state index contributed by atoms with van der Waals surface area (Å²) < 4.78 is 4.87. The van der Waals surface area contributed by atoms with Gasteiger partial charge in [-0.05, 0) is 30.7 Å². The first kappa shape index (κ1) is 13.3. The molecule has 0 N–H and O–H groups in total. The highest BCUT2D eigenvalue weighted by atomic mass is 16.5. The SMILES string of the molecule is CCOC(=O)[C@@H](C)C(=O)c1ccc2ccccc2c1. The second kappa shape index (κ2) is 5.65. The average Bonchev–Trinajstić information content (AvgIpc) is 2.45. The number of esters is 1. The van der Waals surface area contributed by atoms with Crippen molar-refractivity contribution >= 4 is 22.5 Å². The summed E-state index contributed by atoms with van der Waals surface area (Å²) in [4.78, 5) is 23.8. The fraction of sp³-hybridized carbons (Fsp3) is 0.250. The lowest BCUT2D eigenvalue weighted by Crippen LogP contribution is -2.23. The number of rotatable bonds is 4. The largest absolute Gasteiger partial charge is 0.465 e. The molecule has 0 aliphatic carbocycles.